The molecular weight excluding hydrogens is 388 g/mol. The number of aromatic nitrogens is 4. The summed E-state index contributed by atoms with van der Waals surface area (Å²) in [5, 5.41) is 3.13. The molecule has 1 saturated heterocycles. The van der Waals surface area contributed by atoms with Crippen molar-refractivity contribution >= 4 is 28.6 Å². The van der Waals surface area contributed by atoms with Crippen LogP contribution in [0.5, 0.6) is 0 Å². The SMILES string of the molecule is Cc1ccc(NC(=O)C2CCN(c3ncnc4c3nc3n4CCCCC3)CC2)c(C)c1. The smallest absolute Gasteiger partial charge is 0.227 e. The molecule has 3 aromatic rings. The Labute approximate surface area is 182 Å². The molecule has 1 fully saturated rings. The Morgan fingerprint density at radius 1 is 1.06 bits per heavy atom. The largest absolute Gasteiger partial charge is 0.355 e. The number of hydrogen-bond acceptors (Lipinski definition) is 5. The molecule has 7 nitrogen and oxygen atoms in total. The van der Waals surface area contributed by atoms with Crippen LogP contribution in [0.2, 0.25) is 0 Å². The van der Waals surface area contributed by atoms with Crippen molar-refractivity contribution in [2.45, 2.75) is 58.9 Å². The van der Waals surface area contributed by atoms with E-state index >= 15 is 0 Å². The lowest BCUT2D eigenvalue weighted by Crippen LogP contribution is -2.38. The minimum atomic E-state index is 0.0213. The van der Waals surface area contributed by atoms with Crippen molar-refractivity contribution in [1.82, 2.24) is 19.5 Å². The normalized spacial score (nSPS) is 17.4. The van der Waals surface area contributed by atoms with Gasteiger partial charge in [-0.2, -0.15) is 0 Å². The van der Waals surface area contributed by atoms with Gasteiger partial charge in [-0.05, 0) is 51.2 Å². The molecule has 2 aromatic heterocycles. The number of carbonyl (C=O) groups excluding carboxylic acids is 1. The molecule has 31 heavy (non-hydrogen) atoms. The van der Waals surface area contributed by atoms with Crippen molar-refractivity contribution in [3.63, 3.8) is 0 Å². The Morgan fingerprint density at radius 2 is 1.90 bits per heavy atom. The number of carbonyl (C=O) groups is 1. The van der Waals surface area contributed by atoms with E-state index in [1.807, 2.05) is 19.1 Å². The van der Waals surface area contributed by atoms with Crippen molar-refractivity contribution in [3.05, 3.63) is 41.5 Å². The van der Waals surface area contributed by atoms with Crippen molar-refractivity contribution in [2.75, 3.05) is 23.3 Å². The van der Waals surface area contributed by atoms with Gasteiger partial charge >= 0.3 is 0 Å². The Hall–Kier alpha value is -2.96. The van der Waals surface area contributed by atoms with Crippen molar-refractivity contribution < 1.29 is 4.79 Å². The minimum Gasteiger partial charge on any atom is -0.355 e. The third-order valence-electron chi connectivity index (χ3n) is 6.68. The maximum atomic E-state index is 12.9. The molecule has 0 atom stereocenters. The maximum absolute atomic E-state index is 12.9. The van der Waals surface area contributed by atoms with Gasteiger partial charge < -0.3 is 14.8 Å². The van der Waals surface area contributed by atoms with Gasteiger partial charge in [0.2, 0.25) is 5.91 Å². The number of amides is 1. The van der Waals surface area contributed by atoms with Crippen molar-refractivity contribution in [1.29, 1.82) is 0 Å². The molecule has 5 rings (SSSR count). The average Bonchev–Trinajstić information content (AvgIpc) is 2.96. The molecule has 4 heterocycles. The fourth-order valence-corrected chi connectivity index (χ4v) is 4.90. The van der Waals surface area contributed by atoms with Gasteiger partial charge in [0.1, 0.15) is 12.2 Å². The zero-order chi connectivity index (χ0) is 21.4. The quantitative estimate of drug-likeness (QED) is 0.695. The van der Waals surface area contributed by atoms with Crippen LogP contribution in [0.15, 0.2) is 24.5 Å². The summed E-state index contributed by atoms with van der Waals surface area (Å²) in [5.41, 5.74) is 5.09. The van der Waals surface area contributed by atoms with E-state index in [1.165, 1.54) is 24.8 Å². The lowest BCUT2D eigenvalue weighted by molar-refractivity contribution is -0.120. The van der Waals surface area contributed by atoms with Crippen LogP contribution >= 0.6 is 0 Å². The van der Waals surface area contributed by atoms with E-state index < -0.39 is 0 Å². The van der Waals surface area contributed by atoms with Gasteiger partial charge in [0.05, 0.1) is 0 Å². The summed E-state index contributed by atoms with van der Waals surface area (Å²) in [6.45, 7) is 6.70. The summed E-state index contributed by atoms with van der Waals surface area (Å²) in [4.78, 5) is 29.2. The summed E-state index contributed by atoms with van der Waals surface area (Å²) < 4.78 is 2.28. The molecule has 1 aromatic carbocycles. The zero-order valence-corrected chi connectivity index (χ0v) is 18.4. The van der Waals surface area contributed by atoms with Crippen molar-refractivity contribution in [3.8, 4) is 0 Å². The first kappa shape index (κ1) is 20.0. The number of piperidine rings is 1. The molecule has 0 radical (unpaired) electrons. The molecule has 0 bridgehead atoms. The van der Waals surface area contributed by atoms with E-state index in [4.69, 9.17) is 4.98 Å². The average molecular weight is 419 g/mol. The number of hydrogen-bond donors (Lipinski definition) is 1. The Balaban J connectivity index is 1.29. The maximum Gasteiger partial charge on any atom is 0.227 e. The van der Waals surface area contributed by atoms with Gasteiger partial charge in [-0.3, -0.25) is 4.79 Å². The van der Waals surface area contributed by atoms with E-state index in [2.05, 4.69) is 37.7 Å². The Morgan fingerprint density at radius 3 is 2.71 bits per heavy atom. The second-order valence-electron chi connectivity index (χ2n) is 8.93. The minimum absolute atomic E-state index is 0.0213. The molecule has 0 unspecified atom stereocenters. The van der Waals surface area contributed by atoms with Crippen LogP contribution in [-0.2, 0) is 17.8 Å². The Kier molecular flexibility index (Phi) is 5.34. The third-order valence-corrected chi connectivity index (χ3v) is 6.68. The summed E-state index contributed by atoms with van der Waals surface area (Å²) in [6, 6.07) is 6.14. The number of fused-ring (bicyclic) bond motifs is 3. The summed E-state index contributed by atoms with van der Waals surface area (Å²) in [5.74, 6) is 2.19. The molecule has 7 heteroatoms. The highest BCUT2D eigenvalue weighted by Crippen LogP contribution is 2.30. The molecule has 1 N–H and O–H groups in total. The first-order chi connectivity index (χ1) is 15.1. The fourth-order valence-electron chi connectivity index (χ4n) is 4.90. The highest BCUT2D eigenvalue weighted by atomic mass is 16.1. The first-order valence-electron chi connectivity index (χ1n) is 11.4. The monoisotopic (exact) mass is 418 g/mol. The van der Waals surface area contributed by atoms with Crippen LogP contribution in [0.25, 0.3) is 11.2 Å². The van der Waals surface area contributed by atoms with Crippen LogP contribution in [0.4, 0.5) is 11.5 Å². The van der Waals surface area contributed by atoms with Crippen LogP contribution in [0, 0.1) is 19.8 Å². The molecular formula is C24H30N6O. The second-order valence-corrected chi connectivity index (χ2v) is 8.93. The number of anilines is 2. The topological polar surface area (TPSA) is 75.9 Å². The first-order valence-corrected chi connectivity index (χ1v) is 11.4. The fraction of sp³-hybridized carbons (Fsp3) is 0.500. The zero-order valence-electron chi connectivity index (χ0n) is 18.4. The van der Waals surface area contributed by atoms with Gasteiger partial charge in [-0.25, -0.2) is 15.0 Å². The number of imidazole rings is 1. The lowest BCUT2D eigenvalue weighted by atomic mass is 9.95. The predicted octanol–water partition coefficient (Wildman–Crippen LogP) is 4.02. The molecule has 0 aliphatic carbocycles. The van der Waals surface area contributed by atoms with Gasteiger partial charge in [0.25, 0.3) is 0 Å². The number of aryl methyl sites for hydroxylation is 4. The van der Waals surface area contributed by atoms with Crippen LogP contribution < -0.4 is 10.2 Å². The van der Waals surface area contributed by atoms with E-state index in [0.29, 0.717) is 0 Å². The summed E-state index contributed by atoms with van der Waals surface area (Å²) in [6.07, 6.45) is 7.92. The lowest BCUT2D eigenvalue weighted by Gasteiger charge is -2.32. The van der Waals surface area contributed by atoms with E-state index in [-0.39, 0.29) is 11.8 Å². The van der Waals surface area contributed by atoms with Gasteiger partial charge in [-0.1, -0.05) is 24.1 Å². The number of benzene rings is 1. The van der Waals surface area contributed by atoms with Gasteiger partial charge in [0, 0.05) is 37.7 Å². The molecule has 162 valence electrons. The van der Waals surface area contributed by atoms with Crippen LogP contribution in [0.1, 0.15) is 49.1 Å². The second kappa shape index (κ2) is 8.29. The Bertz CT molecular complexity index is 1110. The molecule has 0 saturated carbocycles. The highest BCUT2D eigenvalue weighted by Gasteiger charge is 2.28. The molecule has 2 aliphatic rings. The molecule has 0 spiro atoms. The third kappa shape index (κ3) is 3.89. The van der Waals surface area contributed by atoms with Crippen LogP contribution in [-0.4, -0.2) is 38.5 Å². The van der Waals surface area contributed by atoms with Gasteiger partial charge in [-0.15, -0.1) is 0 Å². The van der Waals surface area contributed by atoms with Gasteiger partial charge in [0.15, 0.2) is 17.0 Å². The number of nitrogens with one attached hydrogen (secondary N) is 1. The van der Waals surface area contributed by atoms with E-state index in [1.54, 1.807) is 6.33 Å². The van der Waals surface area contributed by atoms with Crippen molar-refractivity contribution in [2.24, 2.45) is 5.92 Å². The summed E-state index contributed by atoms with van der Waals surface area (Å²) >= 11 is 0. The number of nitrogens with zero attached hydrogens (tertiary/aromatic N) is 5. The summed E-state index contributed by atoms with van der Waals surface area (Å²) in [7, 11) is 0. The number of rotatable bonds is 3. The molecule has 2 aliphatic heterocycles. The van der Waals surface area contributed by atoms with E-state index in [9.17, 15) is 4.79 Å². The molecule has 1 amide bonds. The highest BCUT2D eigenvalue weighted by molar-refractivity contribution is 5.93. The standard InChI is InChI=1S/C24H30N6O/c1-16-7-8-19(17(2)14-16)27-24(31)18-9-12-29(13-10-18)22-21-23(26-15-25-22)30-11-5-3-4-6-20(30)28-21/h7-8,14-15,18H,3-6,9-13H2,1-2H3,(H,27,31). The van der Waals surface area contributed by atoms with E-state index in [0.717, 1.165) is 73.0 Å². The predicted molar refractivity (Wildman–Crippen MR) is 122 cm³/mol. The van der Waals surface area contributed by atoms with Crippen LogP contribution in [0.3, 0.4) is 0 Å².